The van der Waals surface area contributed by atoms with Crippen molar-refractivity contribution in [1.29, 1.82) is 0 Å². The first-order valence-corrected chi connectivity index (χ1v) is 9.30. The maximum Gasteiger partial charge on any atom is 0.261 e. The number of likely N-dealkylation sites (tertiary alicyclic amines) is 1. The molecule has 156 valence electrons. The maximum absolute atomic E-state index is 12.9. The van der Waals surface area contributed by atoms with Crippen LogP contribution in [-0.2, 0) is 9.59 Å². The van der Waals surface area contributed by atoms with E-state index in [1.807, 2.05) is 30.3 Å². The largest absolute Gasteiger partial charge is 0.493 e. The highest BCUT2D eigenvalue weighted by Crippen LogP contribution is 2.39. The Bertz CT molecular complexity index is 985. The maximum atomic E-state index is 12.9. The standard InChI is InChI=1S/C23H23NO6/c1-28-19-13-16(14-20(29-2)21(19)30-3)12-18-17(11-15-7-5-4-6-8-15)22(26)24(9-10-25)23(18)27/h4-8,11-14,25H,9-10H2,1-3H3/b17-11?,18-12+. The van der Waals surface area contributed by atoms with Crippen molar-refractivity contribution in [3.63, 3.8) is 0 Å². The quantitative estimate of drug-likeness (QED) is 0.559. The summed E-state index contributed by atoms with van der Waals surface area (Å²) in [5.74, 6) is 0.377. The van der Waals surface area contributed by atoms with Crippen molar-refractivity contribution in [3.05, 3.63) is 64.7 Å². The Morgan fingerprint density at radius 2 is 1.37 bits per heavy atom. The lowest BCUT2D eigenvalue weighted by Gasteiger charge is -2.13. The van der Waals surface area contributed by atoms with Gasteiger partial charge in [0.1, 0.15) is 0 Å². The molecule has 0 aromatic heterocycles. The molecule has 3 rings (SSSR count). The molecule has 0 aliphatic carbocycles. The van der Waals surface area contributed by atoms with Gasteiger partial charge in [-0.25, -0.2) is 0 Å². The van der Waals surface area contributed by atoms with E-state index < -0.39 is 11.8 Å². The predicted molar refractivity (Wildman–Crippen MR) is 112 cm³/mol. The average molecular weight is 409 g/mol. The number of hydrogen-bond acceptors (Lipinski definition) is 6. The number of aliphatic hydroxyl groups excluding tert-OH is 1. The first kappa shape index (κ1) is 21.1. The molecule has 2 aromatic carbocycles. The van der Waals surface area contributed by atoms with Crippen molar-refractivity contribution >= 4 is 24.0 Å². The molecule has 1 heterocycles. The molecule has 1 saturated heterocycles. The van der Waals surface area contributed by atoms with E-state index in [9.17, 15) is 14.7 Å². The minimum atomic E-state index is -0.468. The van der Waals surface area contributed by atoms with Crippen LogP contribution in [0, 0.1) is 0 Å². The molecule has 30 heavy (non-hydrogen) atoms. The zero-order chi connectivity index (χ0) is 21.7. The van der Waals surface area contributed by atoms with E-state index in [0.717, 1.165) is 10.5 Å². The summed E-state index contributed by atoms with van der Waals surface area (Å²) in [4.78, 5) is 26.9. The van der Waals surface area contributed by atoms with Gasteiger partial charge in [-0.05, 0) is 35.4 Å². The number of aliphatic hydroxyl groups is 1. The topological polar surface area (TPSA) is 85.3 Å². The number of imide groups is 1. The van der Waals surface area contributed by atoms with Gasteiger partial charge in [-0.2, -0.15) is 0 Å². The summed E-state index contributed by atoms with van der Waals surface area (Å²) in [6.45, 7) is -0.385. The molecule has 1 fully saturated rings. The highest BCUT2D eigenvalue weighted by Gasteiger charge is 2.38. The molecule has 7 nitrogen and oxygen atoms in total. The van der Waals surface area contributed by atoms with Gasteiger partial charge in [0.15, 0.2) is 11.5 Å². The van der Waals surface area contributed by atoms with E-state index >= 15 is 0 Å². The molecule has 0 unspecified atom stereocenters. The summed E-state index contributed by atoms with van der Waals surface area (Å²) >= 11 is 0. The van der Waals surface area contributed by atoms with Crippen LogP contribution < -0.4 is 14.2 Å². The molecule has 1 aliphatic heterocycles. The van der Waals surface area contributed by atoms with Crippen molar-refractivity contribution in [2.45, 2.75) is 0 Å². The van der Waals surface area contributed by atoms with E-state index in [1.165, 1.54) is 21.3 Å². The number of nitrogens with zero attached hydrogens (tertiary/aromatic N) is 1. The Morgan fingerprint density at radius 3 is 1.83 bits per heavy atom. The van der Waals surface area contributed by atoms with Crippen molar-refractivity contribution in [3.8, 4) is 17.2 Å². The molecule has 0 atom stereocenters. The Morgan fingerprint density at radius 1 is 0.833 bits per heavy atom. The van der Waals surface area contributed by atoms with Gasteiger partial charge in [0.2, 0.25) is 5.75 Å². The van der Waals surface area contributed by atoms with Crippen molar-refractivity contribution in [2.24, 2.45) is 0 Å². The minimum Gasteiger partial charge on any atom is -0.493 e. The van der Waals surface area contributed by atoms with Gasteiger partial charge in [-0.15, -0.1) is 0 Å². The molecule has 2 amide bonds. The van der Waals surface area contributed by atoms with Crippen molar-refractivity contribution in [1.82, 2.24) is 4.90 Å². The minimum absolute atomic E-state index is 0.0730. The van der Waals surface area contributed by atoms with Gasteiger partial charge in [0.05, 0.1) is 45.6 Å². The third kappa shape index (κ3) is 4.06. The van der Waals surface area contributed by atoms with Crippen LogP contribution >= 0.6 is 0 Å². The molecule has 7 heteroatoms. The van der Waals surface area contributed by atoms with E-state index in [4.69, 9.17) is 14.2 Å². The summed E-state index contributed by atoms with van der Waals surface area (Å²) < 4.78 is 16.1. The van der Waals surface area contributed by atoms with Gasteiger partial charge >= 0.3 is 0 Å². The van der Waals surface area contributed by atoms with Crippen molar-refractivity contribution in [2.75, 3.05) is 34.5 Å². The third-order valence-electron chi connectivity index (χ3n) is 4.67. The van der Waals surface area contributed by atoms with E-state index in [2.05, 4.69) is 0 Å². The summed E-state index contributed by atoms with van der Waals surface area (Å²) in [5.41, 5.74) is 1.88. The van der Waals surface area contributed by atoms with Gasteiger partial charge in [0, 0.05) is 0 Å². The molecule has 1 aliphatic rings. The highest BCUT2D eigenvalue weighted by atomic mass is 16.5. The van der Waals surface area contributed by atoms with Gasteiger partial charge < -0.3 is 19.3 Å². The van der Waals surface area contributed by atoms with Crippen molar-refractivity contribution < 1.29 is 28.9 Å². The fourth-order valence-corrected chi connectivity index (χ4v) is 3.26. The number of hydrogen-bond donors (Lipinski definition) is 1. The molecule has 2 aromatic rings. The highest BCUT2D eigenvalue weighted by molar-refractivity contribution is 6.28. The number of β-amino-alcohol motifs (C(OH)–C–C–N with tert-alkyl or cyclic N) is 1. The second-order valence-electron chi connectivity index (χ2n) is 6.47. The van der Waals surface area contributed by atoms with Crippen LogP contribution in [0.4, 0.5) is 0 Å². The normalized spacial score (nSPS) is 16.5. The molecule has 0 bridgehead atoms. The fraction of sp³-hybridized carbons (Fsp3) is 0.217. The van der Waals surface area contributed by atoms with Crippen LogP contribution in [0.2, 0.25) is 0 Å². The van der Waals surface area contributed by atoms with Crippen LogP contribution in [0.5, 0.6) is 17.2 Å². The Hall–Kier alpha value is -3.58. The first-order valence-electron chi connectivity index (χ1n) is 9.30. The molecule has 0 radical (unpaired) electrons. The lowest BCUT2D eigenvalue weighted by atomic mass is 10.0. The number of ether oxygens (including phenoxy) is 3. The summed E-state index contributed by atoms with van der Waals surface area (Å²) in [7, 11) is 4.51. The monoisotopic (exact) mass is 409 g/mol. The zero-order valence-corrected chi connectivity index (χ0v) is 17.0. The Balaban J connectivity index is 2.15. The Kier molecular flexibility index (Phi) is 6.54. The average Bonchev–Trinajstić information content (AvgIpc) is 2.98. The second kappa shape index (κ2) is 9.28. The van der Waals surface area contributed by atoms with Gasteiger partial charge in [-0.1, -0.05) is 30.3 Å². The third-order valence-corrected chi connectivity index (χ3v) is 4.67. The molecule has 0 spiro atoms. The van der Waals surface area contributed by atoms with E-state index in [0.29, 0.717) is 22.8 Å². The second-order valence-corrected chi connectivity index (χ2v) is 6.47. The molecule has 0 saturated carbocycles. The Labute approximate surface area is 174 Å². The lowest BCUT2D eigenvalue weighted by molar-refractivity contribution is -0.137. The zero-order valence-electron chi connectivity index (χ0n) is 17.0. The molecular formula is C23H23NO6. The van der Waals surface area contributed by atoms with Crippen LogP contribution in [0.15, 0.2) is 53.6 Å². The number of rotatable bonds is 7. The fourth-order valence-electron chi connectivity index (χ4n) is 3.26. The van der Waals surface area contributed by atoms with E-state index in [-0.39, 0.29) is 24.3 Å². The summed E-state index contributed by atoms with van der Waals surface area (Å²) in [6.07, 6.45) is 3.28. The number of methoxy groups -OCH3 is 3. The lowest BCUT2D eigenvalue weighted by Crippen LogP contribution is -2.32. The number of benzene rings is 2. The summed E-state index contributed by atoms with van der Waals surface area (Å²) in [5, 5.41) is 9.28. The smallest absolute Gasteiger partial charge is 0.261 e. The number of carbonyl (C=O) groups is 2. The van der Waals surface area contributed by atoms with Crippen LogP contribution in [0.25, 0.3) is 12.2 Å². The first-order chi connectivity index (χ1) is 14.5. The van der Waals surface area contributed by atoms with E-state index in [1.54, 1.807) is 24.3 Å². The number of amides is 2. The predicted octanol–water partition coefficient (Wildman–Crippen LogP) is 2.54. The SMILES string of the molecule is COc1cc(/C=C2/C(=O)N(CCO)C(=O)C2=Cc2ccccc2)cc(OC)c1OC. The number of carbonyl (C=O) groups excluding carboxylic acids is 2. The van der Waals surface area contributed by atoms with Crippen LogP contribution in [0.3, 0.4) is 0 Å². The van der Waals surface area contributed by atoms with Gasteiger partial charge in [0.25, 0.3) is 11.8 Å². The molecule has 1 N–H and O–H groups in total. The van der Waals surface area contributed by atoms with Crippen LogP contribution in [0.1, 0.15) is 11.1 Å². The summed E-state index contributed by atoms with van der Waals surface area (Å²) in [6, 6.07) is 12.6. The van der Waals surface area contributed by atoms with Gasteiger partial charge in [-0.3, -0.25) is 14.5 Å². The van der Waals surface area contributed by atoms with Crippen LogP contribution in [-0.4, -0.2) is 56.3 Å². The molecular weight excluding hydrogens is 386 g/mol.